The van der Waals surface area contributed by atoms with Crippen molar-refractivity contribution in [2.75, 3.05) is 13.7 Å². The molecule has 1 saturated carbocycles. The van der Waals surface area contributed by atoms with E-state index >= 15 is 0 Å². The molecule has 1 N–H and O–H groups in total. The van der Waals surface area contributed by atoms with Crippen molar-refractivity contribution < 1.29 is 13.5 Å². The second-order valence-corrected chi connectivity index (χ2v) is 5.14. The Labute approximate surface area is 117 Å². The fourth-order valence-electron chi connectivity index (χ4n) is 2.89. The summed E-state index contributed by atoms with van der Waals surface area (Å²) in [6, 6.07) is 5.86. The van der Waals surface area contributed by atoms with E-state index < -0.39 is 17.2 Å². The van der Waals surface area contributed by atoms with Crippen LogP contribution in [0.4, 0.5) is 8.78 Å². The second-order valence-electron chi connectivity index (χ2n) is 5.14. The van der Waals surface area contributed by atoms with E-state index in [0.29, 0.717) is 18.8 Å². The van der Waals surface area contributed by atoms with E-state index in [0.717, 1.165) is 31.4 Å². The molecule has 20 heavy (non-hydrogen) atoms. The summed E-state index contributed by atoms with van der Waals surface area (Å²) in [6.07, 6.45) is 3.56. The second kappa shape index (κ2) is 6.19. The number of hydrogen-bond acceptors (Lipinski definition) is 3. The zero-order valence-corrected chi connectivity index (χ0v) is 11.5. The Bertz CT molecular complexity index is 515. The van der Waals surface area contributed by atoms with Gasteiger partial charge in [-0.1, -0.05) is 6.42 Å². The number of halogens is 2. The number of rotatable bonds is 5. The molecule has 3 nitrogen and oxygen atoms in total. The van der Waals surface area contributed by atoms with Gasteiger partial charge in [0.05, 0.1) is 12.7 Å². The molecule has 0 bridgehead atoms. The molecule has 0 aliphatic heterocycles. The van der Waals surface area contributed by atoms with Crippen LogP contribution in [0.5, 0.6) is 5.75 Å². The van der Waals surface area contributed by atoms with Crippen molar-refractivity contribution in [1.82, 2.24) is 5.32 Å². The van der Waals surface area contributed by atoms with Crippen molar-refractivity contribution in [2.45, 2.75) is 31.2 Å². The summed E-state index contributed by atoms with van der Waals surface area (Å²) in [7, 11) is 1.80. The molecule has 0 spiro atoms. The first-order valence-electron chi connectivity index (χ1n) is 6.79. The molecule has 108 valence electrons. The summed E-state index contributed by atoms with van der Waals surface area (Å²) in [5.74, 6) is -1.26. The van der Waals surface area contributed by atoms with Gasteiger partial charge in [0.25, 0.3) is 0 Å². The highest BCUT2D eigenvalue weighted by molar-refractivity contribution is 5.23. The van der Waals surface area contributed by atoms with Gasteiger partial charge in [0, 0.05) is 6.07 Å². The predicted molar refractivity (Wildman–Crippen MR) is 71.2 cm³/mol. The largest absolute Gasteiger partial charge is 0.493 e. The summed E-state index contributed by atoms with van der Waals surface area (Å²) in [5, 5.41) is 12.4. The summed E-state index contributed by atoms with van der Waals surface area (Å²) in [5.41, 5.74) is -0.475. The summed E-state index contributed by atoms with van der Waals surface area (Å²) in [4.78, 5) is 0. The van der Waals surface area contributed by atoms with Gasteiger partial charge in [-0.15, -0.1) is 0 Å². The van der Waals surface area contributed by atoms with Crippen molar-refractivity contribution in [3.63, 3.8) is 0 Å². The molecule has 0 radical (unpaired) electrons. The molecule has 2 rings (SSSR count). The van der Waals surface area contributed by atoms with Gasteiger partial charge in [0.1, 0.15) is 11.3 Å². The van der Waals surface area contributed by atoms with Crippen LogP contribution in [-0.4, -0.2) is 19.2 Å². The fraction of sp³-hybridized carbons (Fsp3) is 0.533. The highest BCUT2D eigenvalue weighted by atomic mass is 19.2. The maximum absolute atomic E-state index is 13.0. The van der Waals surface area contributed by atoms with Crippen LogP contribution in [-0.2, 0) is 0 Å². The van der Waals surface area contributed by atoms with Crippen LogP contribution in [0.1, 0.15) is 25.7 Å². The summed E-state index contributed by atoms with van der Waals surface area (Å²) < 4.78 is 31.3. The quantitative estimate of drug-likeness (QED) is 0.901. The SMILES string of the molecule is CNC1(C#N)CCCC1CCOc1ccc(F)c(F)c1. The van der Waals surface area contributed by atoms with Crippen molar-refractivity contribution in [3.05, 3.63) is 29.8 Å². The molecule has 0 aromatic heterocycles. The van der Waals surface area contributed by atoms with Crippen LogP contribution in [0.15, 0.2) is 18.2 Å². The average molecular weight is 280 g/mol. The maximum atomic E-state index is 13.0. The van der Waals surface area contributed by atoms with Crippen molar-refractivity contribution in [2.24, 2.45) is 5.92 Å². The minimum absolute atomic E-state index is 0.225. The van der Waals surface area contributed by atoms with Crippen molar-refractivity contribution >= 4 is 0 Å². The van der Waals surface area contributed by atoms with Crippen LogP contribution >= 0.6 is 0 Å². The highest BCUT2D eigenvalue weighted by Crippen LogP contribution is 2.37. The van der Waals surface area contributed by atoms with Gasteiger partial charge >= 0.3 is 0 Å². The normalized spacial score (nSPS) is 25.4. The lowest BCUT2D eigenvalue weighted by Gasteiger charge is -2.28. The van der Waals surface area contributed by atoms with E-state index in [1.807, 2.05) is 0 Å². The first-order valence-corrected chi connectivity index (χ1v) is 6.79. The lowest BCUT2D eigenvalue weighted by Crippen LogP contribution is -2.45. The van der Waals surface area contributed by atoms with Crippen LogP contribution in [0, 0.1) is 28.9 Å². The number of benzene rings is 1. The van der Waals surface area contributed by atoms with Crippen molar-refractivity contribution in [3.8, 4) is 11.8 Å². The number of nitriles is 1. The highest BCUT2D eigenvalue weighted by Gasteiger charge is 2.41. The molecule has 1 aliphatic carbocycles. The molecular formula is C15H18F2N2O. The monoisotopic (exact) mass is 280 g/mol. The molecule has 1 aromatic carbocycles. The number of nitrogens with zero attached hydrogens (tertiary/aromatic N) is 1. The van der Waals surface area contributed by atoms with Crippen LogP contribution in [0.3, 0.4) is 0 Å². The van der Waals surface area contributed by atoms with E-state index in [4.69, 9.17) is 4.74 Å². The van der Waals surface area contributed by atoms with Gasteiger partial charge in [0.2, 0.25) is 0 Å². The Morgan fingerprint density at radius 2 is 2.25 bits per heavy atom. The fourth-order valence-corrected chi connectivity index (χ4v) is 2.89. The predicted octanol–water partition coefficient (Wildman–Crippen LogP) is 3.02. The molecule has 1 aliphatic rings. The third-order valence-corrected chi connectivity index (χ3v) is 4.09. The van der Waals surface area contributed by atoms with E-state index in [9.17, 15) is 14.0 Å². The first-order chi connectivity index (χ1) is 9.61. The third kappa shape index (κ3) is 2.91. The minimum atomic E-state index is -0.912. The van der Waals surface area contributed by atoms with E-state index in [1.165, 1.54) is 6.07 Å². The van der Waals surface area contributed by atoms with Crippen LogP contribution in [0.25, 0.3) is 0 Å². The zero-order chi connectivity index (χ0) is 14.6. The first kappa shape index (κ1) is 14.7. The maximum Gasteiger partial charge on any atom is 0.162 e. The Hall–Kier alpha value is -1.67. The Morgan fingerprint density at radius 3 is 2.90 bits per heavy atom. The van der Waals surface area contributed by atoms with Gasteiger partial charge in [-0.25, -0.2) is 8.78 Å². The lowest BCUT2D eigenvalue weighted by atomic mass is 9.86. The molecule has 0 heterocycles. The van der Waals surface area contributed by atoms with Crippen molar-refractivity contribution in [1.29, 1.82) is 5.26 Å². The van der Waals surface area contributed by atoms with E-state index in [2.05, 4.69) is 11.4 Å². The Kier molecular flexibility index (Phi) is 4.56. The van der Waals surface area contributed by atoms with Crippen LogP contribution < -0.4 is 10.1 Å². The lowest BCUT2D eigenvalue weighted by molar-refractivity contribution is 0.238. The zero-order valence-electron chi connectivity index (χ0n) is 11.5. The van der Waals surface area contributed by atoms with Gasteiger partial charge < -0.3 is 10.1 Å². The van der Waals surface area contributed by atoms with Gasteiger partial charge in [-0.2, -0.15) is 5.26 Å². The molecule has 1 aromatic rings. The third-order valence-electron chi connectivity index (χ3n) is 4.09. The van der Waals surface area contributed by atoms with Gasteiger partial charge in [-0.05, 0) is 44.4 Å². The van der Waals surface area contributed by atoms with Gasteiger partial charge in [-0.3, -0.25) is 0 Å². The van der Waals surface area contributed by atoms with Gasteiger partial charge in [0.15, 0.2) is 11.6 Å². The standard InChI is InChI=1S/C15H18F2N2O/c1-19-15(10-18)7-2-3-11(15)6-8-20-12-4-5-13(16)14(17)9-12/h4-5,9,11,19H,2-3,6-8H2,1H3. The molecule has 0 amide bonds. The molecule has 0 saturated heterocycles. The Morgan fingerprint density at radius 1 is 1.45 bits per heavy atom. The molecule has 2 atom stereocenters. The summed E-state index contributed by atoms with van der Waals surface area (Å²) >= 11 is 0. The Balaban J connectivity index is 1.89. The van der Waals surface area contributed by atoms with E-state index in [-0.39, 0.29) is 5.92 Å². The summed E-state index contributed by atoms with van der Waals surface area (Å²) in [6.45, 7) is 0.390. The number of ether oxygens (including phenoxy) is 1. The molecular weight excluding hydrogens is 262 g/mol. The molecule has 5 heteroatoms. The van der Waals surface area contributed by atoms with E-state index in [1.54, 1.807) is 7.05 Å². The minimum Gasteiger partial charge on any atom is -0.493 e. The van der Waals surface area contributed by atoms with Crippen LogP contribution in [0.2, 0.25) is 0 Å². The number of hydrogen-bond donors (Lipinski definition) is 1. The molecule has 1 fully saturated rings. The smallest absolute Gasteiger partial charge is 0.162 e. The topological polar surface area (TPSA) is 45.0 Å². The molecule has 2 unspecified atom stereocenters. The average Bonchev–Trinajstić information content (AvgIpc) is 2.86. The number of nitrogens with one attached hydrogen (secondary N) is 1.